The fourth-order valence-electron chi connectivity index (χ4n) is 1.97. The van der Waals surface area contributed by atoms with Gasteiger partial charge in [-0.2, -0.15) is 0 Å². The van der Waals surface area contributed by atoms with Crippen LogP contribution in [0.5, 0.6) is 0 Å². The summed E-state index contributed by atoms with van der Waals surface area (Å²) >= 11 is 0.394. The van der Waals surface area contributed by atoms with Crippen LogP contribution in [0.1, 0.15) is 39.5 Å². The molecule has 1 aromatic carbocycles. The van der Waals surface area contributed by atoms with Crippen molar-refractivity contribution in [1.82, 2.24) is 0 Å². The van der Waals surface area contributed by atoms with Crippen molar-refractivity contribution in [1.29, 1.82) is 0 Å². The third kappa shape index (κ3) is 5.14. The maximum atomic E-state index is 8.71. The number of nitrogens with zero attached hydrogens (tertiary/aromatic N) is 3. The monoisotopic (exact) mass is 311 g/mol. The molecule has 0 saturated carbocycles. The van der Waals surface area contributed by atoms with Crippen LogP contribution in [0.4, 0.5) is 0 Å². The van der Waals surface area contributed by atoms with E-state index in [1.165, 1.54) is 4.46 Å². The molecule has 3 nitrogen and oxygen atoms in total. The molecule has 0 aliphatic carbocycles. The van der Waals surface area contributed by atoms with Crippen LogP contribution < -0.4 is 4.46 Å². The topological polar surface area (TPSA) is 48.8 Å². The molecular formula is C14H21N3Se. The van der Waals surface area contributed by atoms with Crippen LogP contribution in [-0.2, 0) is 0 Å². The Labute approximate surface area is 116 Å². The summed E-state index contributed by atoms with van der Waals surface area (Å²) in [6, 6.07) is 10.7. The molecule has 0 spiro atoms. The zero-order valence-electron chi connectivity index (χ0n) is 11.1. The molecule has 0 aromatic heterocycles. The van der Waals surface area contributed by atoms with Gasteiger partial charge in [0.05, 0.1) is 0 Å². The van der Waals surface area contributed by atoms with Gasteiger partial charge in [-0.15, -0.1) is 0 Å². The van der Waals surface area contributed by atoms with Gasteiger partial charge in [-0.05, 0) is 0 Å². The molecular weight excluding hydrogens is 289 g/mol. The van der Waals surface area contributed by atoms with Gasteiger partial charge in [-0.1, -0.05) is 0 Å². The second-order valence-corrected chi connectivity index (χ2v) is 7.07. The molecule has 0 bridgehead atoms. The normalized spacial score (nSPS) is 13.7. The number of rotatable bonds is 8. The first kappa shape index (κ1) is 15.1. The average molecular weight is 310 g/mol. The fraction of sp³-hybridized carbons (Fsp3) is 0.571. The molecule has 4 heteroatoms. The summed E-state index contributed by atoms with van der Waals surface area (Å²) in [7, 11) is 0. The number of hydrogen-bond acceptors (Lipinski definition) is 1. The van der Waals surface area contributed by atoms with Gasteiger partial charge in [-0.25, -0.2) is 0 Å². The molecule has 0 heterocycles. The van der Waals surface area contributed by atoms with E-state index in [-0.39, 0.29) is 6.04 Å². The van der Waals surface area contributed by atoms with E-state index >= 15 is 0 Å². The number of benzene rings is 1. The van der Waals surface area contributed by atoms with E-state index in [0.717, 1.165) is 25.7 Å². The van der Waals surface area contributed by atoms with Gasteiger partial charge < -0.3 is 0 Å². The van der Waals surface area contributed by atoms with Crippen molar-refractivity contribution in [3.8, 4) is 0 Å². The van der Waals surface area contributed by atoms with Crippen LogP contribution in [0, 0.1) is 0 Å². The summed E-state index contributed by atoms with van der Waals surface area (Å²) < 4.78 is 1.40. The third-order valence-corrected chi connectivity index (χ3v) is 5.75. The zero-order chi connectivity index (χ0) is 13.2. The third-order valence-electron chi connectivity index (χ3n) is 2.82. The molecule has 2 atom stereocenters. The van der Waals surface area contributed by atoms with Gasteiger partial charge in [0.15, 0.2) is 0 Å². The average Bonchev–Trinajstić information content (AvgIpc) is 2.39. The number of hydrogen-bond donors (Lipinski definition) is 0. The van der Waals surface area contributed by atoms with Crippen molar-refractivity contribution >= 4 is 19.4 Å². The van der Waals surface area contributed by atoms with Crippen LogP contribution in [0.2, 0.25) is 4.82 Å². The Morgan fingerprint density at radius 3 is 2.39 bits per heavy atom. The van der Waals surface area contributed by atoms with E-state index in [2.05, 4.69) is 48.1 Å². The van der Waals surface area contributed by atoms with E-state index in [1.54, 1.807) is 0 Å². The summed E-state index contributed by atoms with van der Waals surface area (Å²) in [6.07, 6.45) is 4.39. The Hall–Kier alpha value is -0.951. The van der Waals surface area contributed by atoms with E-state index in [4.69, 9.17) is 5.53 Å². The number of azide groups is 1. The van der Waals surface area contributed by atoms with Crippen LogP contribution >= 0.6 is 0 Å². The molecule has 0 saturated heterocycles. The zero-order valence-corrected chi connectivity index (χ0v) is 12.8. The molecule has 0 fully saturated rings. The SMILES string of the molecule is CCCC(N=[N+]=[N-])C(CCC)[Se]c1ccccc1. The minimum absolute atomic E-state index is 0.167. The summed E-state index contributed by atoms with van der Waals surface area (Å²) in [6.45, 7) is 4.35. The first-order chi connectivity index (χ1) is 8.81. The van der Waals surface area contributed by atoms with E-state index in [0.29, 0.717) is 19.8 Å². The molecule has 0 amide bonds. The Balaban J connectivity index is 2.76. The van der Waals surface area contributed by atoms with Gasteiger partial charge in [-0.3, -0.25) is 0 Å². The Kier molecular flexibility index (Phi) is 7.59. The molecule has 0 aliphatic heterocycles. The van der Waals surface area contributed by atoms with Crippen molar-refractivity contribution in [3.05, 3.63) is 40.8 Å². The van der Waals surface area contributed by atoms with Crippen molar-refractivity contribution < 1.29 is 0 Å². The molecule has 0 radical (unpaired) electrons. The second-order valence-electron chi connectivity index (χ2n) is 4.32. The van der Waals surface area contributed by atoms with Crippen molar-refractivity contribution in [2.24, 2.45) is 5.11 Å². The summed E-state index contributed by atoms with van der Waals surface area (Å²) in [4.78, 5) is 3.56. The first-order valence-corrected chi connectivity index (χ1v) is 8.42. The Bertz CT molecular complexity index is 374. The Morgan fingerprint density at radius 1 is 1.17 bits per heavy atom. The predicted molar refractivity (Wildman–Crippen MR) is 78.3 cm³/mol. The van der Waals surface area contributed by atoms with Gasteiger partial charge in [0.25, 0.3) is 0 Å². The van der Waals surface area contributed by atoms with Gasteiger partial charge in [0.2, 0.25) is 0 Å². The van der Waals surface area contributed by atoms with Crippen molar-refractivity contribution in [2.45, 2.75) is 50.4 Å². The second kappa shape index (κ2) is 9.04. The van der Waals surface area contributed by atoms with Gasteiger partial charge in [0, 0.05) is 0 Å². The maximum absolute atomic E-state index is 8.71. The standard InChI is InChI=1S/C14H21N3Se/c1-3-8-13(16-17-15)14(9-4-2)18-12-10-6-5-7-11-12/h5-7,10-11,13-14H,3-4,8-9H2,1-2H3. The molecule has 1 rings (SSSR count). The van der Waals surface area contributed by atoms with Crippen LogP contribution in [0.3, 0.4) is 0 Å². The molecule has 0 N–H and O–H groups in total. The van der Waals surface area contributed by atoms with Crippen molar-refractivity contribution in [3.63, 3.8) is 0 Å². The fourth-order valence-corrected chi connectivity index (χ4v) is 4.83. The molecule has 0 aliphatic rings. The quantitative estimate of drug-likeness (QED) is 0.301. The predicted octanol–water partition coefficient (Wildman–Crippen LogP) is 4.08. The molecule has 2 unspecified atom stereocenters. The summed E-state index contributed by atoms with van der Waals surface area (Å²) in [5.74, 6) is 0. The molecule has 1 aromatic rings. The van der Waals surface area contributed by atoms with Crippen molar-refractivity contribution in [2.75, 3.05) is 0 Å². The minimum atomic E-state index is 0.167. The van der Waals surface area contributed by atoms with Gasteiger partial charge in [0.1, 0.15) is 0 Å². The summed E-state index contributed by atoms with van der Waals surface area (Å²) in [5, 5.41) is 4.03. The first-order valence-electron chi connectivity index (χ1n) is 6.57. The molecule has 98 valence electrons. The molecule has 18 heavy (non-hydrogen) atoms. The van der Waals surface area contributed by atoms with Gasteiger partial charge >= 0.3 is 116 Å². The van der Waals surface area contributed by atoms with Crippen LogP contribution in [0.15, 0.2) is 35.4 Å². The van der Waals surface area contributed by atoms with E-state index in [1.807, 2.05) is 6.07 Å². The summed E-state index contributed by atoms with van der Waals surface area (Å²) in [5.41, 5.74) is 8.71. The van der Waals surface area contributed by atoms with E-state index in [9.17, 15) is 0 Å². The Morgan fingerprint density at radius 2 is 1.83 bits per heavy atom. The van der Waals surface area contributed by atoms with Crippen LogP contribution in [0.25, 0.3) is 10.4 Å². The van der Waals surface area contributed by atoms with Crippen LogP contribution in [-0.4, -0.2) is 21.0 Å². The van der Waals surface area contributed by atoms with E-state index < -0.39 is 0 Å².